The molecule has 7 heteroatoms. The van der Waals surface area contributed by atoms with E-state index in [1.54, 1.807) is 22.8 Å². The summed E-state index contributed by atoms with van der Waals surface area (Å²) in [6.45, 7) is 6.41. The van der Waals surface area contributed by atoms with Crippen molar-refractivity contribution in [3.63, 3.8) is 0 Å². The normalized spacial score (nSPS) is 12.4. The van der Waals surface area contributed by atoms with Crippen molar-refractivity contribution in [2.75, 3.05) is 13.6 Å². The maximum absolute atomic E-state index is 12.4. The fourth-order valence-electron chi connectivity index (χ4n) is 2.29. The molecule has 0 bridgehead atoms. The summed E-state index contributed by atoms with van der Waals surface area (Å²) in [6, 6.07) is -0.367. The first-order valence-corrected chi connectivity index (χ1v) is 7.23. The molecule has 1 N–H and O–H groups in total. The lowest BCUT2D eigenvalue weighted by molar-refractivity contribution is -0.133. The van der Waals surface area contributed by atoms with Crippen LogP contribution in [0, 0.1) is 13.8 Å². The Hall–Kier alpha value is -1.82. The highest BCUT2D eigenvalue weighted by atomic mass is 35.5. The second-order valence-corrected chi connectivity index (χ2v) is 5.67. The Labute approximate surface area is 129 Å². The minimum absolute atomic E-state index is 0.00793. The van der Waals surface area contributed by atoms with Crippen LogP contribution < -0.4 is 0 Å². The van der Waals surface area contributed by atoms with Crippen LogP contribution in [-0.2, 0) is 11.2 Å². The van der Waals surface area contributed by atoms with Gasteiger partial charge in [0.1, 0.15) is 6.04 Å². The lowest BCUT2D eigenvalue weighted by Crippen LogP contribution is -2.34. The molecular weight excluding hydrogens is 290 g/mol. The number of hydrogen-bond acceptors (Lipinski definition) is 3. The largest absolute Gasteiger partial charge is 0.344 e. The quantitative estimate of drug-likeness (QED) is 0.920. The number of H-pyrrole nitrogens is 1. The zero-order valence-electron chi connectivity index (χ0n) is 12.7. The first kappa shape index (κ1) is 15.6. The molecular formula is C14H20ClN5O. The lowest BCUT2D eigenvalue weighted by Gasteiger charge is -2.21. The summed E-state index contributed by atoms with van der Waals surface area (Å²) in [7, 11) is 1.80. The minimum atomic E-state index is -0.367. The van der Waals surface area contributed by atoms with E-state index >= 15 is 0 Å². The number of nitrogens with zero attached hydrogens (tertiary/aromatic N) is 4. The summed E-state index contributed by atoms with van der Waals surface area (Å²) in [4.78, 5) is 14.1. The van der Waals surface area contributed by atoms with E-state index in [0.29, 0.717) is 11.6 Å². The Bertz CT molecular complexity index is 614. The number of aryl methyl sites for hydroxylation is 2. The molecule has 6 nitrogen and oxygen atoms in total. The number of hydrogen-bond donors (Lipinski definition) is 1. The highest BCUT2D eigenvalue weighted by molar-refractivity contribution is 6.30. The maximum Gasteiger partial charge on any atom is 0.246 e. The number of likely N-dealkylation sites (N-methyl/N-ethyl adjacent to an activating group) is 1. The van der Waals surface area contributed by atoms with Gasteiger partial charge in [-0.25, -0.2) is 0 Å². The Morgan fingerprint density at radius 3 is 2.76 bits per heavy atom. The number of carbonyl (C=O) groups is 1. The molecule has 2 aromatic rings. The van der Waals surface area contributed by atoms with Gasteiger partial charge in [0.05, 0.1) is 16.9 Å². The first-order valence-electron chi connectivity index (χ1n) is 6.85. The van der Waals surface area contributed by atoms with Gasteiger partial charge in [0.15, 0.2) is 0 Å². The van der Waals surface area contributed by atoms with Crippen LogP contribution in [0.1, 0.15) is 29.9 Å². The van der Waals surface area contributed by atoms with Crippen LogP contribution in [0.5, 0.6) is 0 Å². The molecule has 0 fully saturated rings. The van der Waals surface area contributed by atoms with Gasteiger partial charge in [-0.1, -0.05) is 11.6 Å². The third-order valence-corrected chi connectivity index (χ3v) is 3.87. The van der Waals surface area contributed by atoms with Gasteiger partial charge in [-0.3, -0.25) is 14.6 Å². The number of carbonyl (C=O) groups excluding carboxylic acids is 1. The van der Waals surface area contributed by atoms with Gasteiger partial charge in [-0.2, -0.15) is 10.2 Å². The molecule has 0 aliphatic rings. The van der Waals surface area contributed by atoms with Crippen molar-refractivity contribution in [2.24, 2.45) is 0 Å². The number of rotatable bonds is 5. The molecule has 0 saturated carbocycles. The Balaban J connectivity index is 1.96. The number of amides is 1. The van der Waals surface area contributed by atoms with Crippen molar-refractivity contribution in [3.05, 3.63) is 34.4 Å². The van der Waals surface area contributed by atoms with E-state index in [-0.39, 0.29) is 11.9 Å². The monoisotopic (exact) mass is 309 g/mol. The fourth-order valence-corrected chi connectivity index (χ4v) is 2.43. The molecule has 2 aromatic heterocycles. The molecule has 0 radical (unpaired) electrons. The van der Waals surface area contributed by atoms with E-state index in [0.717, 1.165) is 17.8 Å². The van der Waals surface area contributed by atoms with Crippen molar-refractivity contribution >= 4 is 17.5 Å². The van der Waals surface area contributed by atoms with Crippen LogP contribution in [0.2, 0.25) is 5.02 Å². The summed E-state index contributed by atoms with van der Waals surface area (Å²) in [5.41, 5.74) is 3.21. The molecule has 0 saturated heterocycles. The lowest BCUT2D eigenvalue weighted by atomic mass is 10.1. The third-order valence-electron chi connectivity index (χ3n) is 3.68. The molecule has 0 spiro atoms. The first-order chi connectivity index (χ1) is 9.90. The second-order valence-electron chi connectivity index (χ2n) is 5.24. The summed E-state index contributed by atoms with van der Waals surface area (Å²) >= 11 is 5.83. The van der Waals surface area contributed by atoms with E-state index in [4.69, 9.17) is 11.6 Å². The smallest absolute Gasteiger partial charge is 0.246 e. The number of halogens is 1. The molecule has 0 aliphatic carbocycles. The number of nitrogens with one attached hydrogen (secondary N) is 1. The van der Waals surface area contributed by atoms with Crippen LogP contribution in [0.4, 0.5) is 0 Å². The third kappa shape index (κ3) is 3.44. The van der Waals surface area contributed by atoms with Crippen molar-refractivity contribution < 1.29 is 4.79 Å². The van der Waals surface area contributed by atoms with Crippen LogP contribution in [-0.4, -0.2) is 44.4 Å². The van der Waals surface area contributed by atoms with Crippen molar-refractivity contribution in [3.8, 4) is 0 Å². The number of aromatic nitrogens is 4. The average molecular weight is 310 g/mol. The van der Waals surface area contributed by atoms with E-state index in [9.17, 15) is 4.79 Å². The molecule has 1 atom stereocenters. The summed E-state index contributed by atoms with van der Waals surface area (Å²) in [5, 5.41) is 11.7. The molecule has 2 heterocycles. The zero-order valence-corrected chi connectivity index (χ0v) is 13.5. The van der Waals surface area contributed by atoms with E-state index in [1.807, 2.05) is 20.8 Å². The van der Waals surface area contributed by atoms with E-state index in [1.165, 1.54) is 11.8 Å². The molecule has 1 unspecified atom stereocenters. The van der Waals surface area contributed by atoms with Crippen LogP contribution in [0.25, 0.3) is 0 Å². The molecule has 2 rings (SSSR count). The topological polar surface area (TPSA) is 66.8 Å². The predicted octanol–water partition coefficient (Wildman–Crippen LogP) is 2.14. The van der Waals surface area contributed by atoms with Gasteiger partial charge < -0.3 is 4.90 Å². The molecule has 0 aliphatic heterocycles. The molecule has 0 aromatic carbocycles. The maximum atomic E-state index is 12.4. The van der Waals surface area contributed by atoms with E-state index in [2.05, 4.69) is 15.3 Å². The Kier molecular flexibility index (Phi) is 4.67. The van der Waals surface area contributed by atoms with Crippen molar-refractivity contribution in [2.45, 2.75) is 33.2 Å². The average Bonchev–Trinajstić information content (AvgIpc) is 3.02. The molecule has 114 valence electrons. The predicted molar refractivity (Wildman–Crippen MR) is 81.4 cm³/mol. The van der Waals surface area contributed by atoms with Gasteiger partial charge in [0, 0.05) is 25.5 Å². The summed E-state index contributed by atoms with van der Waals surface area (Å²) < 4.78 is 1.58. The van der Waals surface area contributed by atoms with E-state index < -0.39 is 0 Å². The Morgan fingerprint density at radius 1 is 1.52 bits per heavy atom. The standard InChI is InChI=1S/C14H20ClN5O/c1-9-13(10(2)18-17-9)5-6-19(4)14(21)11(3)20-8-12(15)7-16-20/h7-8,11H,5-6H2,1-4H3,(H,17,18). The minimum Gasteiger partial charge on any atom is -0.344 e. The SMILES string of the molecule is Cc1n[nH]c(C)c1CCN(C)C(=O)C(C)n1cc(Cl)cn1. The fraction of sp³-hybridized carbons (Fsp3) is 0.500. The van der Waals surface area contributed by atoms with Gasteiger partial charge in [0.25, 0.3) is 0 Å². The summed E-state index contributed by atoms with van der Waals surface area (Å²) in [5.74, 6) is 0.00793. The van der Waals surface area contributed by atoms with Crippen molar-refractivity contribution in [1.82, 2.24) is 24.9 Å². The van der Waals surface area contributed by atoms with Gasteiger partial charge >= 0.3 is 0 Å². The van der Waals surface area contributed by atoms with Gasteiger partial charge in [-0.15, -0.1) is 0 Å². The molecule has 1 amide bonds. The van der Waals surface area contributed by atoms with Gasteiger partial charge in [0.2, 0.25) is 5.91 Å². The highest BCUT2D eigenvalue weighted by Crippen LogP contribution is 2.14. The zero-order chi connectivity index (χ0) is 15.6. The van der Waals surface area contributed by atoms with Crippen LogP contribution >= 0.6 is 11.6 Å². The van der Waals surface area contributed by atoms with Crippen LogP contribution in [0.15, 0.2) is 12.4 Å². The van der Waals surface area contributed by atoms with Crippen molar-refractivity contribution in [1.29, 1.82) is 0 Å². The molecule has 21 heavy (non-hydrogen) atoms. The van der Waals surface area contributed by atoms with Crippen LogP contribution in [0.3, 0.4) is 0 Å². The Morgan fingerprint density at radius 2 is 2.24 bits per heavy atom. The van der Waals surface area contributed by atoms with Gasteiger partial charge in [-0.05, 0) is 32.8 Å². The highest BCUT2D eigenvalue weighted by Gasteiger charge is 2.20. The second kappa shape index (κ2) is 6.30. The number of aromatic amines is 1. The summed E-state index contributed by atoms with van der Waals surface area (Å²) in [6.07, 6.45) is 3.97.